The van der Waals surface area contributed by atoms with Gasteiger partial charge in [-0.25, -0.2) is 15.0 Å². The molecule has 1 fully saturated rings. The van der Waals surface area contributed by atoms with Gasteiger partial charge in [-0.15, -0.1) is 0 Å². The van der Waals surface area contributed by atoms with Crippen molar-refractivity contribution in [3.63, 3.8) is 0 Å². The van der Waals surface area contributed by atoms with Gasteiger partial charge >= 0.3 is 0 Å². The number of pyridine rings is 1. The second kappa shape index (κ2) is 8.55. The molecule has 3 heterocycles. The molecule has 1 amide bonds. The number of carbonyl (C=O) groups is 1. The van der Waals surface area contributed by atoms with E-state index in [1.165, 1.54) is 6.20 Å². The zero-order valence-electron chi connectivity index (χ0n) is 16.2. The smallest absolute Gasteiger partial charge is 0.274 e. The number of piperazine rings is 1. The molecule has 1 aliphatic heterocycles. The molecule has 1 saturated heterocycles. The van der Waals surface area contributed by atoms with E-state index in [1.807, 2.05) is 42.5 Å². The van der Waals surface area contributed by atoms with Gasteiger partial charge in [-0.1, -0.05) is 18.2 Å². The van der Waals surface area contributed by atoms with Crippen LogP contribution in [-0.4, -0.2) is 59.0 Å². The van der Waals surface area contributed by atoms with Crippen LogP contribution in [0, 0.1) is 0 Å². The number of benzene rings is 1. The number of nitrogens with one attached hydrogen (secondary N) is 1. The molecule has 0 bridgehead atoms. The second-order valence-corrected chi connectivity index (χ2v) is 6.58. The quantitative estimate of drug-likeness (QED) is 0.717. The van der Waals surface area contributed by atoms with Gasteiger partial charge in [-0.05, 0) is 24.3 Å². The first-order chi connectivity index (χ1) is 14.2. The van der Waals surface area contributed by atoms with Crippen LogP contribution in [0.5, 0.6) is 5.75 Å². The van der Waals surface area contributed by atoms with E-state index in [-0.39, 0.29) is 5.91 Å². The Bertz CT molecular complexity index is 956. The van der Waals surface area contributed by atoms with Crippen molar-refractivity contribution in [2.24, 2.45) is 0 Å². The van der Waals surface area contributed by atoms with Gasteiger partial charge < -0.3 is 19.9 Å². The van der Waals surface area contributed by atoms with Gasteiger partial charge in [-0.2, -0.15) is 0 Å². The molecule has 8 heteroatoms. The third kappa shape index (κ3) is 4.26. The van der Waals surface area contributed by atoms with Crippen LogP contribution >= 0.6 is 0 Å². The zero-order chi connectivity index (χ0) is 20.1. The van der Waals surface area contributed by atoms with E-state index in [4.69, 9.17) is 4.74 Å². The van der Waals surface area contributed by atoms with Crippen LogP contribution in [0.1, 0.15) is 10.5 Å². The van der Waals surface area contributed by atoms with E-state index < -0.39 is 0 Å². The monoisotopic (exact) mass is 390 g/mol. The van der Waals surface area contributed by atoms with Crippen molar-refractivity contribution in [1.29, 1.82) is 0 Å². The van der Waals surface area contributed by atoms with Crippen molar-refractivity contribution in [2.75, 3.05) is 43.5 Å². The Kier molecular flexibility index (Phi) is 5.51. The fourth-order valence-electron chi connectivity index (χ4n) is 3.23. The van der Waals surface area contributed by atoms with Crippen LogP contribution in [0.2, 0.25) is 0 Å². The lowest BCUT2D eigenvalue weighted by atomic mass is 10.2. The van der Waals surface area contributed by atoms with Gasteiger partial charge in [-0.3, -0.25) is 4.79 Å². The fraction of sp³-hybridized carbons (Fsp3) is 0.238. The fourth-order valence-corrected chi connectivity index (χ4v) is 3.23. The Morgan fingerprint density at radius 2 is 1.76 bits per heavy atom. The largest absolute Gasteiger partial charge is 0.495 e. The average Bonchev–Trinajstić information content (AvgIpc) is 2.80. The van der Waals surface area contributed by atoms with Crippen molar-refractivity contribution < 1.29 is 9.53 Å². The Morgan fingerprint density at radius 3 is 2.45 bits per heavy atom. The molecule has 0 atom stereocenters. The Balaban J connectivity index is 1.37. The summed E-state index contributed by atoms with van der Waals surface area (Å²) < 4.78 is 5.32. The molecule has 1 aliphatic rings. The number of hydrogen-bond acceptors (Lipinski definition) is 7. The number of aromatic nitrogens is 3. The maximum absolute atomic E-state index is 12.8. The lowest BCUT2D eigenvalue weighted by molar-refractivity contribution is 0.0740. The van der Waals surface area contributed by atoms with Crippen LogP contribution in [-0.2, 0) is 0 Å². The molecule has 0 unspecified atom stereocenters. The van der Waals surface area contributed by atoms with Crippen molar-refractivity contribution in [3.8, 4) is 5.75 Å². The van der Waals surface area contributed by atoms with E-state index in [0.717, 1.165) is 24.6 Å². The highest BCUT2D eigenvalue weighted by Gasteiger charge is 2.23. The summed E-state index contributed by atoms with van der Waals surface area (Å²) in [5, 5.41) is 3.16. The number of amides is 1. The number of para-hydroxylation sites is 2. The van der Waals surface area contributed by atoms with Gasteiger partial charge in [0.2, 0.25) is 0 Å². The zero-order valence-corrected chi connectivity index (χ0v) is 16.2. The number of rotatable bonds is 5. The minimum Gasteiger partial charge on any atom is -0.495 e. The van der Waals surface area contributed by atoms with Gasteiger partial charge in [0.1, 0.15) is 23.1 Å². The molecule has 0 saturated carbocycles. The third-order valence-electron chi connectivity index (χ3n) is 4.78. The Labute approximate surface area is 169 Å². The molecule has 148 valence electrons. The molecule has 29 heavy (non-hydrogen) atoms. The Morgan fingerprint density at radius 1 is 0.966 bits per heavy atom. The van der Waals surface area contributed by atoms with Crippen molar-refractivity contribution in [3.05, 3.63) is 66.7 Å². The third-order valence-corrected chi connectivity index (χ3v) is 4.78. The maximum atomic E-state index is 12.8. The number of carbonyl (C=O) groups excluding carboxylic acids is 1. The number of hydrogen-bond donors (Lipinski definition) is 1. The summed E-state index contributed by atoms with van der Waals surface area (Å²) in [4.78, 5) is 29.7. The maximum Gasteiger partial charge on any atom is 0.274 e. The molecule has 1 N–H and O–H groups in total. The molecular formula is C21H22N6O2. The average molecular weight is 390 g/mol. The van der Waals surface area contributed by atoms with Gasteiger partial charge in [0.05, 0.1) is 25.2 Å². The van der Waals surface area contributed by atoms with Crippen LogP contribution in [0.3, 0.4) is 0 Å². The second-order valence-electron chi connectivity index (χ2n) is 6.58. The topological polar surface area (TPSA) is 83.5 Å². The summed E-state index contributed by atoms with van der Waals surface area (Å²) in [6.45, 7) is 2.73. The van der Waals surface area contributed by atoms with Crippen LogP contribution in [0.15, 0.2) is 61.1 Å². The van der Waals surface area contributed by atoms with Crippen LogP contribution < -0.4 is 15.0 Å². The summed E-state index contributed by atoms with van der Waals surface area (Å²) in [6, 6.07) is 13.4. The molecule has 0 radical (unpaired) electrons. The highest BCUT2D eigenvalue weighted by molar-refractivity contribution is 5.92. The summed E-state index contributed by atoms with van der Waals surface area (Å²) in [5.74, 6) is 2.08. The number of nitrogens with zero attached hydrogens (tertiary/aromatic N) is 5. The minimum atomic E-state index is -0.109. The van der Waals surface area contributed by atoms with E-state index >= 15 is 0 Å². The lowest BCUT2D eigenvalue weighted by Crippen LogP contribution is -2.49. The first-order valence-corrected chi connectivity index (χ1v) is 9.42. The van der Waals surface area contributed by atoms with Crippen molar-refractivity contribution in [2.45, 2.75) is 0 Å². The predicted molar refractivity (Wildman–Crippen MR) is 111 cm³/mol. The van der Waals surface area contributed by atoms with E-state index in [2.05, 4.69) is 25.2 Å². The first-order valence-electron chi connectivity index (χ1n) is 9.42. The summed E-state index contributed by atoms with van der Waals surface area (Å²) in [5.41, 5.74) is 1.12. The van der Waals surface area contributed by atoms with E-state index in [9.17, 15) is 4.79 Å². The summed E-state index contributed by atoms with van der Waals surface area (Å²) in [7, 11) is 1.61. The van der Waals surface area contributed by atoms with E-state index in [1.54, 1.807) is 24.4 Å². The van der Waals surface area contributed by atoms with Crippen LogP contribution in [0.25, 0.3) is 0 Å². The molecule has 4 rings (SSSR count). The highest BCUT2D eigenvalue weighted by Crippen LogP contribution is 2.25. The van der Waals surface area contributed by atoms with Gasteiger partial charge in [0.15, 0.2) is 0 Å². The summed E-state index contributed by atoms with van der Waals surface area (Å²) >= 11 is 0. The van der Waals surface area contributed by atoms with Crippen molar-refractivity contribution >= 4 is 23.2 Å². The predicted octanol–water partition coefficient (Wildman–Crippen LogP) is 2.59. The van der Waals surface area contributed by atoms with Crippen LogP contribution in [0.4, 0.5) is 17.3 Å². The van der Waals surface area contributed by atoms with Gasteiger partial charge in [0, 0.05) is 32.4 Å². The van der Waals surface area contributed by atoms with Crippen molar-refractivity contribution in [1.82, 2.24) is 19.9 Å². The van der Waals surface area contributed by atoms with Gasteiger partial charge in [0.25, 0.3) is 5.91 Å². The molecule has 0 aliphatic carbocycles. The number of methoxy groups -OCH3 is 1. The molecule has 0 spiro atoms. The molecule has 1 aromatic carbocycles. The highest BCUT2D eigenvalue weighted by atomic mass is 16.5. The SMILES string of the molecule is COc1ccccc1Nc1cnc(C(=O)N2CCN(c3ccccn3)CC2)cn1. The lowest BCUT2D eigenvalue weighted by Gasteiger charge is -2.35. The summed E-state index contributed by atoms with van der Waals surface area (Å²) in [6.07, 6.45) is 4.85. The number of ether oxygens (including phenoxy) is 1. The van der Waals surface area contributed by atoms with E-state index in [0.29, 0.717) is 30.4 Å². The normalized spacial score (nSPS) is 13.8. The Hall–Kier alpha value is -3.68. The standard InChI is InChI=1S/C21H22N6O2/c1-29-18-7-3-2-6-16(18)25-19-15-23-17(14-24-19)21(28)27-12-10-26(11-13-27)20-8-4-5-9-22-20/h2-9,14-15H,10-13H2,1H3,(H,24,25). The molecule has 8 nitrogen and oxygen atoms in total. The molecule has 3 aromatic rings. The number of anilines is 3. The minimum absolute atomic E-state index is 0.109. The molecule has 2 aromatic heterocycles. The first kappa shape index (κ1) is 18.7. The molecular weight excluding hydrogens is 368 g/mol.